The summed E-state index contributed by atoms with van der Waals surface area (Å²) in [6.07, 6.45) is 7.01. The summed E-state index contributed by atoms with van der Waals surface area (Å²) in [6, 6.07) is 8.72. The number of aromatic nitrogens is 2. The van der Waals surface area contributed by atoms with E-state index in [0.717, 1.165) is 37.8 Å². The van der Waals surface area contributed by atoms with Crippen molar-refractivity contribution in [3.8, 4) is 5.75 Å². The molecule has 1 fully saturated rings. The van der Waals surface area contributed by atoms with Crippen molar-refractivity contribution >= 4 is 5.96 Å². The number of hydrogen-bond acceptors (Lipinski definition) is 3. The van der Waals surface area contributed by atoms with Crippen LogP contribution in [0, 0.1) is 5.92 Å². The Hall–Kier alpha value is -2.50. The van der Waals surface area contributed by atoms with E-state index < -0.39 is 0 Å². The summed E-state index contributed by atoms with van der Waals surface area (Å²) in [5.74, 6) is 2.51. The summed E-state index contributed by atoms with van der Waals surface area (Å²) >= 11 is 0. The molecule has 6 nitrogen and oxygen atoms in total. The summed E-state index contributed by atoms with van der Waals surface area (Å²) in [4.78, 5) is 11.7. The van der Waals surface area contributed by atoms with E-state index in [0.29, 0.717) is 18.5 Å². The molecule has 6 heteroatoms. The molecule has 1 aliphatic heterocycles. The fraction of sp³-hybridized carbons (Fsp3) is 0.565. The average molecular weight is 398 g/mol. The fourth-order valence-corrected chi connectivity index (χ4v) is 3.93. The fourth-order valence-electron chi connectivity index (χ4n) is 3.93. The molecule has 1 aromatic carbocycles. The van der Waals surface area contributed by atoms with E-state index in [1.807, 2.05) is 24.7 Å². The molecular formula is C23H35N5O. The number of imidazole rings is 1. The van der Waals surface area contributed by atoms with Gasteiger partial charge in [-0.15, -0.1) is 0 Å². The highest BCUT2D eigenvalue weighted by atomic mass is 16.5. The van der Waals surface area contributed by atoms with Gasteiger partial charge in [-0.3, -0.25) is 4.99 Å². The van der Waals surface area contributed by atoms with Gasteiger partial charge in [0.15, 0.2) is 5.96 Å². The smallest absolute Gasteiger partial charge is 0.194 e. The molecule has 0 aliphatic carbocycles. The van der Waals surface area contributed by atoms with Gasteiger partial charge in [-0.1, -0.05) is 32.9 Å². The minimum atomic E-state index is -0.0813. The number of methoxy groups -OCH3 is 1. The van der Waals surface area contributed by atoms with Crippen LogP contribution in [0.3, 0.4) is 0 Å². The van der Waals surface area contributed by atoms with Crippen LogP contribution in [-0.4, -0.2) is 53.7 Å². The van der Waals surface area contributed by atoms with Crippen molar-refractivity contribution in [3.05, 3.63) is 48.5 Å². The third kappa shape index (κ3) is 5.11. The van der Waals surface area contributed by atoms with Gasteiger partial charge in [-0.25, -0.2) is 4.98 Å². The van der Waals surface area contributed by atoms with E-state index >= 15 is 0 Å². The summed E-state index contributed by atoms with van der Waals surface area (Å²) in [5, 5.41) is 3.51. The van der Waals surface area contributed by atoms with Gasteiger partial charge in [-0.2, -0.15) is 0 Å². The molecule has 3 rings (SSSR count). The number of guanidine groups is 1. The largest absolute Gasteiger partial charge is 0.497 e. The Morgan fingerprint density at radius 2 is 2.21 bits per heavy atom. The van der Waals surface area contributed by atoms with Gasteiger partial charge in [0.05, 0.1) is 26.0 Å². The Labute approximate surface area is 175 Å². The molecule has 2 unspecified atom stereocenters. The third-order valence-electron chi connectivity index (χ3n) is 5.94. The SMILES string of the molecule is CCNC(=NCC(C)(C)c1cccc(OC)c1)N1CCC(C)C(n2ccnc2)C1. The Balaban J connectivity index is 1.76. The Morgan fingerprint density at radius 1 is 1.38 bits per heavy atom. The molecule has 0 spiro atoms. The van der Waals surface area contributed by atoms with Crippen LogP contribution in [-0.2, 0) is 5.41 Å². The lowest BCUT2D eigenvalue weighted by Crippen LogP contribution is -2.49. The standard InChI is InChI=1S/C23H35N5O/c1-6-25-22(26-16-23(3,4)19-8-7-9-20(14-19)29-5)27-12-10-18(2)21(15-27)28-13-11-24-17-28/h7-9,11,13-14,17-18,21H,6,10,12,15-16H2,1-5H3,(H,25,26). The zero-order valence-corrected chi connectivity index (χ0v) is 18.4. The van der Waals surface area contributed by atoms with Crippen molar-refractivity contribution in [3.63, 3.8) is 0 Å². The Kier molecular flexibility index (Phi) is 6.83. The van der Waals surface area contributed by atoms with Crippen LogP contribution in [0.15, 0.2) is 48.0 Å². The molecule has 1 N–H and O–H groups in total. The van der Waals surface area contributed by atoms with Gasteiger partial charge in [0, 0.05) is 37.4 Å². The lowest BCUT2D eigenvalue weighted by Gasteiger charge is -2.39. The van der Waals surface area contributed by atoms with Gasteiger partial charge in [0.25, 0.3) is 0 Å². The molecule has 0 radical (unpaired) electrons. The number of benzene rings is 1. The van der Waals surface area contributed by atoms with E-state index in [9.17, 15) is 0 Å². The van der Waals surface area contributed by atoms with Crippen molar-refractivity contribution in [2.75, 3.05) is 33.3 Å². The lowest BCUT2D eigenvalue weighted by atomic mass is 9.84. The second kappa shape index (κ2) is 9.33. The molecule has 1 aliphatic rings. The minimum Gasteiger partial charge on any atom is -0.497 e. The number of piperidine rings is 1. The number of nitrogens with zero attached hydrogens (tertiary/aromatic N) is 4. The number of nitrogens with one attached hydrogen (secondary N) is 1. The summed E-state index contributed by atoms with van der Waals surface area (Å²) < 4.78 is 7.64. The number of hydrogen-bond donors (Lipinski definition) is 1. The predicted molar refractivity (Wildman–Crippen MR) is 119 cm³/mol. The van der Waals surface area contributed by atoms with E-state index in [2.05, 4.69) is 65.8 Å². The molecular weight excluding hydrogens is 362 g/mol. The van der Waals surface area contributed by atoms with Gasteiger partial charge in [0.1, 0.15) is 5.75 Å². The van der Waals surface area contributed by atoms with Crippen LogP contribution < -0.4 is 10.1 Å². The maximum absolute atomic E-state index is 5.40. The average Bonchev–Trinajstić information content (AvgIpc) is 3.26. The van der Waals surface area contributed by atoms with Gasteiger partial charge in [0.2, 0.25) is 0 Å². The molecule has 158 valence electrons. The first-order valence-electron chi connectivity index (χ1n) is 10.6. The number of rotatable bonds is 6. The first-order valence-corrected chi connectivity index (χ1v) is 10.6. The van der Waals surface area contributed by atoms with Gasteiger partial charge < -0.3 is 19.5 Å². The molecule has 0 amide bonds. The summed E-state index contributed by atoms with van der Waals surface area (Å²) in [6.45, 7) is 12.5. The first-order chi connectivity index (χ1) is 13.9. The maximum Gasteiger partial charge on any atom is 0.194 e. The monoisotopic (exact) mass is 397 g/mol. The van der Waals surface area contributed by atoms with E-state index in [1.54, 1.807) is 7.11 Å². The highest BCUT2D eigenvalue weighted by Crippen LogP contribution is 2.29. The van der Waals surface area contributed by atoms with Crippen molar-refractivity contribution < 1.29 is 4.74 Å². The maximum atomic E-state index is 5.40. The molecule has 1 aromatic heterocycles. The first kappa shape index (κ1) is 21.2. The van der Waals surface area contributed by atoms with Gasteiger partial charge in [-0.05, 0) is 37.0 Å². The molecule has 2 heterocycles. The normalized spacial score (nSPS) is 20.6. The Morgan fingerprint density at radius 3 is 2.90 bits per heavy atom. The molecule has 29 heavy (non-hydrogen) atoms. The minimum absolute atomic E-state index is 0.0813. The van der Waals surface area contributed by atoms with Crippen LogP contribution in [0.1, 0.15) is 45.7 Å². The highest BCUT2D eigenvalue weighted by Gasteiger charge is 2.29. The topological polar surface area (TPSA) is 54.7 Å². The number of ether oxygens (including phenoxy) is 1. The third-order valence-corrected chi connectivity index (χ3v) is 5.94. The van der Waals surface area contributed by atoms with Crippen LogP contribution in [0.5, 0.6) is 5.75 Å². The molecule has 0 bridgehead atoms. The van der Waals surface area contributed by atoms with Crippen molar-refractivity contribution in [1.82, 2.24) is 19.8 Å². The van der Waals surface area contributed by atoms with Crippen molar-refractivity contribution in [1.29, 1.82) is 0 Å². The highest BCUT2D eigenvalue weighted by molar-refractivity contribution is 5.80. The second-order valence-electron chi connectivity index (χ2n) is 8.58. The van der Waals surface area contributed by atoms with Crippen molar-refractivity contribution in [2.45, 2.75) is 45.6 Å². The van der Waals surface area contributed by atoms with E-state index in [-0.39, 0.29) is 5.41 Å². The van der Waals surface area contributed by atoms with Crippen molar-refractivity contribution in [2.24, 2.45) is 10.9 Å². The summed E-state index contributed by atoms with van der Waals surface area (Å²) in [5.41, 5.74) is 1.15. The quantitative estimate of drug-likeness (QED) is 0.596. The zero-order chi connectivity index (χ0) is 20.9. The molecule has 1 saturated heterocycles. The molecule has 0 saturated carbocycles. The van der Waals surface area contributed by atoms with Gasteiger partial charge >= 0.3 is 0 Å². The zero-order valence-electron chi connectivity index (χ0n) is 18.4. The van der Waals surface area contributed by atoms with E-state index in [4.69, 9.17) is 9.73 Å². The van der Waals surface area contributed by atoms with Crippen LogP contribution in [0.2, 0.25) is 0 Å². The lowest BCUT2D eigenvalue weighted by molar-refractivity contribution is 0.188. The van der Waals surface area contributed by atoms with Crippen LogP contribution in [0.4, 0.5) is 0 Å². The summed E-state index contributed by atoms with van der Waals surface area (Å²) in [7, 11) is 1.71. The van der Waals surface area contributed by atoms with Crippen LogP contribution in [0.25, 0.3) is 0 Å². The van der Waals surface area contributed by atoms with Crippen LogP contribution >= 0.6 is 0 Å². The molecule has 2 aromatic rings. The Bertz CT molecular complexity index is 799. The molecule has 2 atom stereocenters. The predicted octanol–water partition coefficient (Wildman–Crippen LogP) is 3.72. The van der Waals surface area contributed by atoms with E-state index in [1.165, 1.54) is 5.56 Å². The second-order valence-corrected chi connectivity index (χ2v) is 8.58. The number of likely N-dealkylation sites (tertiary alicyclic amines) is 1. The number of aliphatic imine (C=N–C) groups is 1.